The van der Waals surface area contributed by atoms with Gasteiger partial charge in [-0.2, -0.15) is 0 Å². The molecule has 21 heavy (non-hydrogen) atoms. The second-order valence-electron chi connectivity index (χ2n) is 5.63. The van der Waals surface area contributed by atoms with Crippen LogP contribution in [0.1, 0.15) is 31.2 Å². The predicted molar refractivity (Wildman–Crippen MR) is 76.0 cm³/mol. The Balaban J connectivity index is 2.08. The van der Waals surface area contributed by atoms with E-state index in [1.807, 2.05) is 11.6 Å². The van der Waals surface area contributed by atoms with Gasteiger partial charge in [0.15, 0.2) is 0 Å². The fourth-order valence-electron chi connectivity index (χ4n) is 3.27. The SMILES string of the molecule is CC1CC(c2cc(Cl)nc(OCF)c2)(c2nncn2C)C1. The second-order valence-corrected chi connectivity index (χ2v) is 6.02. The van der Waals surface area contributed by atoms with Crippen molar-refractivity contribution in [2.45, 2.75) is 25.2 Å². The topological polar surface area (TPSA) is 52.8 Å². The Kier molecular flexibility index (Phi) is 3.57. The molecule has 0 spiro atoms. The highest BCUT2D eigenvalue weighted by molar-refractivity contribution is 6.29. The first-order valence-corrected chi connectivity index (χ1v) is 7.14. The van der Waals surface area contributed by atoms with Gasteiger partial charge < -0.3 is 9.30 Å². The average Bonchev–Trinajstić information content (AvgIpc) is 2.81. The van der Waals surface area contributed by atoms with Crippen LogP contribution in [0.5, 0.6) is 5.88 Å². The van der Waals surface area contributed by atoms with E-state index in [0.29, 0.717) is 5.92 Å². The van der Waals surface area contributed by atoms with Crippen molar-refractivity contribution in [1.29, 1.82) is 0 Å². The van der Waals surface area contributed by atoms with Gasteiger partial charge in [0.2, 0.25) is 12.7 Å². The van der Waals surface area contributed by atoms with Gasteiger partial charge in [0.25, 0.3) is 0 Å². The highest BCUT2D eigenvalue weighted by Crippen LogP contribution is 2.52. The van der Waals surface area contributed by atoms with Crippen LogP contribution in [0.4, 0.5) is 4.39 Å². The first kappa shape index (κ1) is 14.3. The molecule has 0 bridgehead atoms. The van der Waals surface area contributed by atoms with Crippen LogP contribution < -0.4 is 4.74 Å². The minimum atomic E-state index is -0.930. The Morgan fingerprint density at radius 1 is 1.48 bits per heavy atom. The van der Waals surface area contributed by atoms with E-state index in [4.69, 9.17) is 16.3 Å². The summed E-state index contributed by atoms with van der Waals surface area (Å²) in [6, 6.07) is 3.54. The Morgan fingerprint density at radius 2 is 2.24 bits per heavy atom. The van der Waals surface area contributed by atoms with Crippen LogP contribution in [0, 0.1) is 5.92 Å². The third kappa shape index (κ3) is 2.37. The van der Waals surface area contributed by atoms with Crippen molar-refractivity contribution in [1.82, 2.24) is 19.7 Å². The van der Waals surface area contributed by atoms with E-state index < -0.39 is 6.86 Å². The quantitative estimate of drug-likeness (QED) is 0.815. The fourth-order valence-corrected chi connectivity index (χ4v) is 3.47. The molecular weight excluding hydrogens is 295 g/mol. The second kappa shape index (κ2) is 5.26. The van der Waals surface area contributed by atoms with Gasteiger partial charge in [0.1, 0.15) is 17.3 Å². The van der Waals surface area contributed by atoms with Crippen LogP contribution in [-0.4, -0.2) is 26.6 Å². The molecule has 0 aliphatic heterocycles. The van der Waals surface area contributed by atoms with Gasteiger partial charge in [-0.15, -0.1) is 10.2 Å². The lowest BCUT2D eigenvalue weighted by molar-refractivity contribution is 0.175. The molecule has 0 aromatic carbocycles. The van der Waals surface area contributed by atoms with Crippen LogP contribution in [-0.2, 0) is 12.5 Å². The summed E-state index contributed by atoms with van der Waals surface area (Å²) in [5, 5.41) is 8.52. The summed E-state index contributed by atoms with van der Waals surface area (Å²) in [5.41, 5.74) is 0.686. The molecular formula is C14H16ClFN4O. The van der Waals surface area contributed by atoms with Gasteiger partial charge in [-0.1, -0.05) is 18.5 Å². The molecule has 2 aromatic rings. The third-order valence-corrected chi connectivity index (χ3v) is 4.25. The van der Waals surface area contributed by atoms with Gasteiger partial charge in [-0.25, -0.2) is 9.37 Å². The van der Waals surface area contributed by atoms with E-state index in [-0.39, 0.29) is 16.4 Å². The Morgan fingerprint density at radius 3 is 2.81 bits per heavy atom. The number of pyridine rings is 1. The zero-order valence-electron chi connectivity index (χ0n) is 11.9. The average molecular weight is 311 g/mol. The van der Waals surface area contributed by atoms with Crippen LogP contribution >= 0.6 is 11.6 Å². The van der Waals surface area contributed by atoms with Crippen LogP contribution in [0.25, 0.3) is 0 Å². The van der Waals surface area contributed by atoms with E-state index in [2.05, 4.69) is 22.1 Å². The summed E-state index contributed by atoms with van der Waals surface area (Å²) >= 11 is 6.05. The first-order chi connectivity index (χ1) is 10.0. The Bertz CT molecular complexity index is 654. The number of alkyl halides is 1. The molecule has 0 saturated heterocycles. The van der Waals surface area contributed by atoms with Gasteiger partial charge in [-0.05, 0) is 30.4 Å². The molecule has 112 valence electrons. The number of hydrogen-bond acceptors (Lipinski definition) is 4. The number of aromatic nitrogens is 4. The molecule has 0 unspecified atom stereocenters. The molecule has 1 fully saturated rings. The minimum Gasteiger partial charge on any atom is -0.446 e. The van der Waals surface area contributed by atoms with E-state index in [1.54, 1.807) is 18.5 Å². The molecule has 0 N–H and O–H groups in total. The molecule has 2 aromatic heterocycles. The molecule has 0 radical (unpaired) electrons. The van der Waals surface area contributed by atoms with Crippen molar-refractivity contribution in [2.24, 2.45) is 13.0 Å². The zero-order chi connectivity index (χ0) is 15.0. The first-order valence-electron chi connectivity index (χ1n) is 6.76. The van der Waals surface area contributed by atoms with Crippen molar-refractivity contribution >= 4 is 11.6 Å². The summed E-state index contributed by atoms with van der Waals surface area (Å²) in [6.45, 7) is 1.26. The van der Waals surface area contributed by atoms with Gasteiger partial charge >= 0.3 is 0 Å². The van der Waals surface area contributed by atoms with Crippen LogP contribution in [0.2, 0.25) is 5.15 Å². The van der Waals surface area contributed by atoms with E-state index in [9.17, 15) is 4.39 Å². The number of halogens is 2. The minimum absolute atomic E-state index is 0.195. The molecule has 0 atom stereocenters. The standard InChI is InChI=1S/C14H16ClFN4O/c1-9-5-14(6-9,13-19-17-8-20(13)2)10-3-11(15)18-12(4-10)21-7-16/h3-4,8-9H,5-7H2,1-2H3. The summed E-state index contributed by atoms with van der Waals surface area (Å²) in [6.07, 6.45) is 3.56. The third-order valence-electron chi connectivity index (χ3n) is 4.06. The summed E-state index contributed by atoms with van der Waals surface area (Å²) in [4.78, 5) is 3.98. The highest BCUT2D eigenvalue weighted by atomic mass is 35.5. The van der Waals surface area contributed by atoms with Crippen molar-refractivity contribution in [3.8, 4) is 5.88 Å². The van der Waals surface area contributed by atoms with Crippen LogP contribution in [0.3, 0.4) is 0 Å². The molecule has 1 aliphatic carbocycles. The fraction of sp³-hybridized carbons (Fsp3) is 0.500. The van der Waals surface area contributed by atoms with Crippen molar-refractivity contribution in [3.05, 3.63) is 35.0 Å². The normalized spacial score (nSPS) is 24.7. The van der Waals surface area contributed by atoms with Crippen LogP contribution in [0.15, 0.2) is 18.5 Å². The van der Waals surface area contributed by atoms with E-state index in [1.165, 1.54) is 0 Å². The maximum atomic E-state index is 12.4. The van der Waals surface area contributed by atoms with Gasteiger partial charge in [0.05, 0.1) is 5.41 Å². The zero-order valence-corrected chi connectivity index (χ0v) is 12.6. The summed E-state index contributed by atoms with van der Waals surface area (Å²) in [5.74, 6) is 1.66. The summed E-state index contributed by atoms with van der Waals surface area (Å²) in [7, 11) is 1.92. The maximum absolute atomic E-state index is 12.4. The molecule has 1 saturated carbocycles. The lowest BCUT2D eigenvalue weighted by Gasteiger charge is -2.46. The molecule has 3 rings (SSSR count). The number of aryl methyl sites for hydroxylation is 1. The Labute approximate surface area is 127 Å². The molecule has 1 aliphatic rings. The lowest BCUT2D eigenvalue weighted by atomic mass is 9.58. The molecule has 2 heterocycles. The van der Waals surface area contributed by atoms with Gasteiger partial charge in [0, 0.05) is 13.1 Å². The lowest BCUT2D eigenvalue weighted by Crippen LogP contribution is -2.43. The number of rotatable bonds is 4. The van der Waals surface area contributed by atoms with Crippen molar-refractivity contribution in [2.75, 3.05) is 6.86 Å². The maximum Gasteiger partial charge on any atom is 0.230 e. The molecule has 0 amide bonds. The monoisotopic (exact) mass is 310 g/mol. The number of ether oxygens (including phenoxy) is 1. The number of hydrogen-bond donors (Lipinski definition) is 0. The largest absolute Gasteiger partial charge is 0.446 e. The van der Waals surface area contributed by atoms with Gasteiger partial charge in [-0.3, -0.25) is 0 Å². The smallest absolute Gasteiger partial charge is 0.230 e. The molecule has 7 heteroatoms. The number of nitrogens with zero attached hydrogens (tertiary/aromatic N) is 4. The van der Waals surface area contributed by atoms with E-state index in [0.717, 1.165) is 24.2 Å². The highest BCUT2D eigenvalue weighted by Gasteiger charge is 2.48. The van der Waals surface area contributed by atoms with Crippen molar-refractivity contribution < 1.29 is 9.13 Å². The van der Waals surface area contributed by atoms with Crippen molar-refractivity contribution in [3.63, 3.8) is 0 Å². The van der Waals surface area contributed by atoms with E-state index >= 15 is 0 Å². The molecule has 5 nitrogen and oxygen atoms in total. The predicted octanol–water partition coefficient (Wildman–Crippen LogP) is 2.89. The Hall–Kier alpha value is -1.69. The summed E-state index contributed by atoms with van der Waals surface area (Å²) < 4.78 is 19.2.